The Bertz CT molecular complexity index is 607. The molecule has 1 atom stereocenters. The number of rotatable bonds is 4. The fraction of sp³-hybridized carbons (Fsp3) is 0.429. The van der Waals surface area contributed by atoms with Crippen LogP contribution in [0.5, 0.6) is 0 Å². The van der Waals surface area contributed by atoms with E-state index in [0.29, 0.717) is 12.3 Å². The van der Waals surface area contributed by atoms with Crippen LogP contribution in [-0.4, -0.2) is 28.5 Å². The number of imidazole rings is 1. The van der Waals surface area contributed by atoms with Crippen molar-refractivity contribution in [2.24, 2.45) is 0 Å². The van der Waals surface area contributed by atoms with Crippen LogP contribution >= 0.6 is 11.6 Å². The van der Waals surface area contributed by atoms with Crippen molar-refractivity contribution in [3.63, 3.8) is 0 Å². The Morgan fingerprint density at radius 1 is 1.53 bits per heavy atom. The van der Waals surface area contributed by atoms with Crippen molar-refractivity contribution in [1.82, 2.24) is 9.55 Å². The fourth-order valence-corrected chi connectivity index (χ4v) is 2.40. The molecular weight excluding hydrogens is 264 g/mol. The number of fused-ring (bicyclic) bond motifs is 1. The van der Waals surface area contributed by atoms with Gasteiger partial charge in [-0.1, -0.05) is 6.07 Å². The molecule has 0 saturated carbocycles. The smallest absolute Gasteiger partial charge is 0.328 e. The van der Waals surface area contributed by atoms with Gasteiger partial charge in [0.2, 0.25) is 0 Å². The Balaban J connectivity index is 2.61. The number of nitrogens with zero attached hydrogens (tertiary/aromatic N) is 2. The molecule has 1 aromatic heterocycles. The number of hydrogen-bond donors (Lipinski definition) is 0. The minimum atomic E-state index is -0.407. The number of methoxy groups -OCH3 is 1. The molecule has 4 nitrogen and oxygen atoms in total. The summed E-state index contributed by atoms with van der Waals surface area (Å²) in [5.74, 6) is 1.00. The average Bonchev–Trinajstić information content (AvgIpc) is 2.74. The van der Waals surface area contributed by atoms with E-state index in [2.05, 4.69) is 4.98 Å². The van der Waals surface area contributed by atoms with E-state index in [9.17, 15) is 4.79 Å². The van der Waals surface area contributed by atoms with Crippen molar-refractivity contribution in [1.29, 1.82) is 0 Å². The zero-order valence-corrected chi connectivity index (χ0v) is 12.1. The summed E-state index contributed by atoms with van der Waals surface area (Å²) in [6.07, 6.45) is 0.622. The van der Waals surface area contributed by atoms with E-state index < -0.39 is 6.04 Å². The molecule has 0 aliphatic heterocycles. The Hall–Kier alpha value is -1.55. The number of carbonyl (C=O) groups is 1. The molecule has 1 aromatic carbocycles. The molecule has 102 valence electrons. The highest BCUT2D eigenvalue weighted by Gasteiger charge is 2.21. The summed E-state index contributed by atoms with van der Waals surface area (Å²) >= 11 is 5.82. The minimum Gasteiger partial charge on any atom is -0.467 e. The second-order valence-corrected chi connectivity index (χ2v) is 4.91. The van der Waals surface area contributed by atoms with Crippen molar-refractivity contribution in [3.05, 3.63) is 29.6 Å². The highest BCUT2D eigenvalue weighted by atomic mass is 35.5. The van der Waals surface area contributed by atoms with Gasteiger partial charge in [0.1, 0.15) is 11.9 Å². The van der Waals surface area contributed by atoms with Gasteiger partial charge in [-0.15, -0.1) is 11.6 Å². The largest absolute Gasteiger partial charge is 0.467 e. The van der Waals surface area contributed by atoms with Gasteiger partial charge in [-0.05, 0) is 31.5 Å². The molecule has 0 fully saturated rings. The van der Waals surface area contributed by atoms with E-state index in [4.69, 9.17) is 16.3 Å². The van der Waals surface area contributed by atoms with E-state index in [1.54, 1.807) is 0 Å². The van der Waals surface area contributed by atoms with E-state index in [0.717, 1.165) is 22.4 Å². The molecular formula is C14H17ClN2O2. The first-order valence-electron chi connectivity index (χ1n) is 6.19. The quantitative estimate of drug-likeness (QED) is 0.639. The molecule has 0 spiro atoms. The van der Waals surface area contributed by atoms with Crippen LogP contribution in [0.3, 0.4) is 0 Å². The summed E-state index contributed by atoms with van der Waals surface area (Å²) < 4.78 is 6.73. The van der Waals surface area contributed by atoms with Gasteiger partial charge in [0.15, 0.2) is 0 Å². The maximum atomic E-state index is 11.8. The number of alkyl halides is 1. The highest BCUT2D eigenvalue weighted by molar-refractivity contribution is 6.17. The van der Waals surface area contributed by atoms with E-state index >= 15 is 0 Å². The van der Waals surface area contributed by atoms with Crippen LogP contribution in [-0.2, 0) is 16.0 Å². The molecule has 0 saturated heterocycles. The number of ether oxygens (including phenoxy) is 1. The SMILES string of the molecule is COC(=O)C(C)n1c(CCCl)nc2cc(C)ccc21. The summed E-state index contributed by atoms with van der Waals surface area (Å²) in [4.78, 5) is 16.3. The maximum Gasteiger partial charge on any atom is 0.328 e. The first-order valence-corrected chi connectivity index (χ1v) is 6.73. The summed E-state index contributed by atoms with van der Waals surface area (Å²) in [5.41, 5.74) is 2.96. The second-order valence-electron chi connectivity index (χ2n) is 4.53. The molecule has 19 heavy (non-hydrogen) atoms. The Morgan fingerprint density at radius 2 is 2.26 bits per heavy atom. The van der Waals surface area contributed by atoms with Gasteiger partial charge in [0, 0.05) is 12.3 Å². The van der Waals surface area contributed by atoms with Crippen molar-refractivity contribution in [2.45, 2.75) is 26.3 Å². The van der Waals surface area contributed by atoms with Gasteiger partial charge in [-0.3, -0.25) is 0 Å². The number of aromatic nitrogens is 2. The van der Waals surface area contributed by atoms with Gasteiger partial charge in [0.05, 0.1) is 18.1 Å². The Morgan fingerprint density at radius 3 is 2.89 bits per heavy atom. The monoisotopic (exact) mass is 280 g/mol. The molecule has 0 bridgehead atoms. The van der Waals surface area contributed by atoms with Crippen LogP contribution in [0, 0.1) is 6.92 Å². The lowest BCUT2D eigenvalue weighted by atomic mass is 10.2. The number of carbonyl (C=O) groups excluding carboxylic acids is 1. The summed E-state index contributed by atoms with van der Waals surface area (Å²) in [6.45, 7) is 3.83. The average molecular weight is 281 g/mol. The van der Waals surface area contributed by atoms with Crippen LogP contribution in [0.1, 0.15) is 24.4 Å². The minimum absolute atomic E-state index is 0.282. The first-order chi connectivity index (χ1) is 9.08. The third kappa shape index (κ3) is 2.59. The molecule has 5 heteroatoms. The molecule has 2 rings (SSSR count). The van der Waals surface area contributed by atoms with Gasteiger partial charge in [0.25, 0.3) is 0 Å². The number of hydrogen-bond acceptors (Lipinski definition) is 3. The highest BCUT2D eigenvalue weighted by Crippen LogP contribution is 2.23. The molecule has 0 amide bonds. The van der Waals surface area contributed by atoms with Crippen LogP contribution in [0.4, 0.5) is 0 Å². The van der Waals surface area contributed by atoms with Crippen LogP contribution in [0.2, 0.25) is 0 Å². The summed E-state index contributed by atoms with van der Waals surface area (Å²) in [6, 6.07) is 5.59. The van der Waals surface area contributed by atoms with E-state index in [-0.39, 0.29) is 5.97 Å². The second kappa shape index (κ2) is 5.61. The maximum absolute atomic E-state index is 11.8. The predicted octanol–water partition coefficient (Wildman–Crippen LogP) is 2.86. The van der Waals surface area contributed by atoms with Crippen molar-refractivity contribution in [2.75, 3.05) is 13.0 Å². The summed E-state index contributed by atoms with van der Waals surface area (Å²) in [5, 5.41) is 0. The summed E-state index contributed by atoms with van der Waals surface area (Å²) in [7, 11) is 1.39. The van der Waals surface area contributed by atoms with Crippen LogP contribution in [0.15, 0.2) is 18.2 Å². The van der Waals surface area contributed by atoms with Crippen molar-refractivity contribution < 1.29 is 9.53 Å². The lowest BCUT2D eigenvalue weighted by Crippen LogP contribution is -2.20. The molecule has 0 radical (unpaired) electrons. The van der Waals surface area contributed by atoms with Crippen LogP contribution < -0.4 is 0 Å². The lowest BCUT2D eigenvalue weighted by Gasteiger charge is -2.15. The van der Waals surface area contributed by atoms with Crippen molar-refractivity contribution >= 4 is 28.6 Å². The number of benzene rings is 1. The fourth-order valence-electron chi connectivity index (χ4n) is 2.23. The first kappa shape index (κ1) is 13.9. The normalized spacial score (nSPS) is 12.6. The van der Waals surface area contributed by atoms with E-state index in [1.807, 2.05) is 36.6 Å². The third-order valence-electron chi connectivity index (χ3n) is 3.17. The standard InChI is InChI=1S/C14H17ClN2O2/c1-9-4-5-12-11(8-9)16-13(6-7-15)17(12)10(2)14(18)19-3/h4-5,8,10H,6-7H2,1-3H3. The number of aryl methyl sites for hydroxylation is 2. The molecule has 0 aliphatic carbocycles. The molecule has 0 aliphatic rings. The van der Waals surface area contributed by atoms with Crippen LogP contribution in [0.25, 0.3) is 11.0 Å². The zero-order chi connectivity index (χ0) is 14.0. The number of esters is 1. The molecule has 2 aromatic rings. The van der Waals surface area contributed by atoms with Gasteiger partial charge < -0.3 is 9.30 Å². The van der Waals surface area contributed by atoms with Gasteiger partial charge in [-0.2, -0.15) is 0 Å². The Labute approximate surface area is 117 Å². The molecule has 1 heterocycles. The van der Waals surface area contributed by atoms with Gasteiger partial charge in [-0.25, -0.2) is 9.78 Å². The topological polar surface area (TPSA) is 44.1 Å². The van der Waals surface area contributed by atoms with Gasteiger partial charge >= 0.3 is 5.97 Å². The predicted molar refractivity (Wildman–Crippen MR) is 75.6 cm³/mol. The zero-order valence-electron chi connectivity index (χ0n) is 11.3. The third-order valence-corrected chi connectivity index (χ3v) is 3.35. The number of halogens is 1. The lowest BCUT2D eigenvalue weighted by molar-refractivity contribution is -0.143. The van der Waals surface area contributed by atoms with Crippen molar-refractivity contribution in [3.8, 4) is 0 Å². The van der Waals surface area contributed by atoms with E-state index in [1.165, 1.54) is 7.11 Å². The molecule has 0 N–H and O–H groups in total. The molecule has 1 unspecified atom stereocenters. The Kier molecular flexibility index (Phi) is 4.10.